The quantitative estimate of drug-likeness (QED) is 0.702. The zero-order chi connectivity index (χ0) is 9.26. The molecule has 0 saturated heterocycles. The van der Waals surface area contributed by atoms with Crippen LogP contribution in [0.15, 0.2) is 28.6 Å². The predicted molar refractivity (Wildman–Crippen MR) is 51.4 cm³/mol. The van der Waals surface area contributed by atoms with Crippen LogP contribution < -0.4 is 11.1 Å². The van der Waals surface area contributed by atoms with Gasteiger partial charge in [-0.3, -0.25) is 4.79 Å². The van der Waals surface area contributed by atoms with Crippen LogP contribution in [0.3, 0.4) is 0 Å². The van der Waals surface area contributed by atoms with Crippen molar-refractivity contribution in [3.8, 4) is 0 Å². The lowest BCUT2D eigenvalue weighted by atomic mass is 10.3. The monoisotopic (exact) mass is 193 g/mol. The zero-order valence-electron chi connectivity index (χ0n) is 6.65. The van der Waals surface area contributed by atoms with Gasteiger partial charge in [0.1, 0.15) is 11.5 Å². The third kappa shape index (κ3) is 1.50. The maximum absolute atomic E-state index is 10.8. The Morgan fingerprint density at radius 3 is 3.15 bits per heavy atom. The lowest BCUT2D eigenvalue weighted by molar-refractivity contribution is 0.0995. The fraction of sp³-hybridized carbons (Fsp3) is 0. The first-order chi connectivity index (χ1) is 6.27. The summed E-state index contributed by atoms with van der Waals surface area (Å²) in [6.07, 6.45) is 1.77. The molecule has 0 fully saturated rings. The van der Waals surface area contributed by atoms with Crippen molar-refractivity contribution in [3.63, 3.8) is 0 Å². The molecule has 13 heavy (non-hydrogen) atoms. The van der Waals surface area contributed by atoms with Crippen LogP contribution in [0.5, 0.6) is 0 Å². The van der Waals surface area contributed by atoms with Crippen LogP contribution in [0.25, 0.3) is 0 Å². The number of amides is 1. The van der Waals surface area contributed by atoms with E-state index in [2.05, 4.69) is 10.3 Å². The van der Waals surface area contributed by atoms with Crippen LogP contribution in [-0.2, 0) is 0 Å². The highest BCUT2D eigenvalue weighted by atomic mass is 32.2. The van der Waals surface area contributed by atoms with Crippen LogP contribution >= 0.6 is 11.8 Å². The Hall–Kier alpha value is -1.49. The number of primary amides is 1. The maximum Gasteiger partial charge on any atom is 0.267 e. The first kappa shape index (κ1) is 8.12. The van der Waals surface area contributed by atoms with Gasteiger partial charge in [-0.25, -0.2) is 4.98 Å². The summed E-state index contributed by atoms with van der Waals surface area (Å²) < 4.78 is 0. The Labute approximate surface area is 79.2 Å². The molecule has 1 aromatic heterocycles. The van der Waals surface area contributed by atoms with Gasteiger partial charge in [-0.15, -0.1) is 0 Å². The normalized spacial score (nSPS) is 13.2. The number of hydrogen-bond acceptors (Lipinski definition) is 4. The summed E-state index contributed by atoms with van der Waals surface area (Å²) in [5.41, 5.74) is 5.37. The number of pyridine rings is 1. The van der Waals surface area contributed by atoms with E-state index in [1.54, 1.807) is 24.0 Å². The Morgan fingerprint density at radius 1 is 1.54 bits per heavy atom. The Balaban J connectivity index is 2.44. The molecule has 1 amide bonds. The smallest absolute Gasteiger partial charge is 0.267 e. The fourth-order valence-corrected chi connectivity index (χ4v) is 1.65. The minimum Gasteiger partial charge on any atom is -0.364 e. The molecule has 5 heteroatoms. The van der Waals surface area contributed by atoms with Crippen molar-refractivity contribution < 1.29 is 4.79 Å². The van der Waals surface area contributed by atoms with Crippen molar-refractivity contribution in [3.05, 3.63) is 29.4 Å². The van der Waals surface area contributed by atoms with Crippen LogP contribution in [-0.4, -0.2) is 10.9 Å². The Bertz CT molecular complexity index is 389. The summed E-state index contributed by atoms with van der Waals surface area (Å²) in [6.45, 7) is 0. The van der Waals surface area contributed by atoms with Crippen molar-refractivity contribution in [1.82, 2.24) is 4.98 Å². The van der Waals surface area contributed by atoms with Gasteiger partial charge >= 0.3 is 0 Å². The number of nitrogens with zero attached hydrogens (tertiary/aromatic N) is 1. The topological polar surface area (TPSA) is 68.0 Å². The highest BCUT2D eigenvalue weighted by Gasteiger charge is 2.09. The number of hydrogen-bond donors (Lipinski definition) is 2. The summed E-state index contributed by atoms with van der Waals surface area (Å²) >= 11 is 1.55. The van der Waals surface area contributed by atoms with Gasteiger partial charge in [0.15, 0.2) is 0 Å². The molecule has 2 rings (SSSR count). The van der Waals surface area contributed by atoms with Crippen molar-refractivity contribution >= 4 is 23.5 Å². The van der Waals surface area contributed by atoms with E-state index in [1.165, 1.54) is 0 Å². The van der Waals surface area contributed by atoms with E-state index in [0.29, 0.717) is 5.82 Å². The van der Waals surface area contributed by atoms with E-state index < -0.39 is 5.91 Å². The number of anilines is 1. The number of nitrogens with two attached hydrogens (primary N) is 1. The number of nitrogens with one attached hydrogen (secondary N) is 1. The van der Waals surface area contributed by atoms with Gasteiger partial charge in [-0.05, 0) is 17.5 Å². The zero-order valence-corrected chi connectivity index (χ0v) is 7.47. The first-order valence-electron chi connectivity index (χ1n) is 3.66. The molecule has 0 bridgehead atoms. The summed E-state index contributed by atoms with van der Waals surface area (Å²) in [5.74, 6) is 0.174. The molecule has 0 spiro atoms. The SMILES string of the molecule is NC(=O)c1ccc2c(n1)NC=CS2. The molecule has 4 nitrogen and oxygen atoms in total. The molecular formula is C8H7N3OS. The minimum atomic E-state index is -0.510. The molecule has 3 N–H and O–H groups in total. The van der Waals surface area contributed by atoms with E-state index in [4.69, 9.17) is 5.73 Å². The molecule has 0 atom stereocenters. The number of rotatable bonds is 1. The molecule has 66 valence electrons. The highest BCUT2D eigenvalue weighted by Crippen LogP contribution is 2.29. The molecule has 0 saturated carbocycles. The molecule has 0 unspecified atom stereocenters. The number of fused-ring (bicyclic) bond motifs is 1. The average molecular weight is 193 g/mol. The van der Waals surface area contributed by atoms with Gasteiger partial charge < -0.3 is 11.1 Å². The van der Waals surface area contributed by atoms with E-state index in [0.717, 1.165) is 4.90 Å². The molecule has 2 heterocycles. The van der Waals surface area contributed by atoms with Crippen molar-refractivity contribution in [2.24, 2.45) is 5.73 Å². The van der Waals surface area contributed by atoms with E-state index in [1.807, 2.05) is 11.5 Å². The minimum absolute atomic E-state index is 0.280. The largest absolute Gasteiger partial charge is 0.364 e. The summed E-state index contributed by atoms with van der Waals surface area (Å²) in [6, 6.07) is 3.44. The molecule has 0 radical (unpaired) electrons. The summed E-state index contributed by atoms with van der Waals surface area (Å²) in [4.78, 5) is 15.8. The Kier molecular flexibility index (Phi) is 1.94. The third-order valence-electron chi connectivity index (χ3n) is 1.59. The van der Waals surface area contributed by atoms with Gasteiger partial charge in [-0.2, -0.15) is 0 Å². The predicted octanol–water partition coefficient (Wildman–Crippen LogP) is 1.17. The lowest BCUT2D eigenvalue weighted by Crippen LogP contribution is -2.14. The van der Waals surface area contributed by atoms with Crippen LogP contribution in [0.1, 0.15) is 10.5 Å². The van der Waals surface area contributed by atoms with E-state index >= 15 is 0 Å². The van der Waals surface area contributed by atoms with E-state index in [9.17, 15) is 4.79 Å². The second-order valence-corrected chi connectivity index (χ2v) is 3.42. The van der Waals surface area contributed by atoms with Gasteiger partial charge in [-0.1, -0.05) is 11.8 Å². The summed E-state index contributed by atoms with van der Waals surface area (Å²) in [7, 11) is 0. The number of carbonyl (C=O) groups is 1. The molecule has 1 aliphatic heterocycles. The molecular weight excluding hydrogens is 186 g/mol. The van der Waals surface area contributed by atoms with Crippen LogP contribution in [0.4, 0.5) is 5.82 Å². The lowest BCUT2D eigenvalue weighted by Gasteiger charge is -2.10. The second kappa shape index (κ2) is 3.10. The average Bonchev–Trinajstić information content (AvgIpc) is 2.17. The fourth-order valence-electron chi connectivity index (χ4n) is 1.00. The van der Waals surface area contributed by atoms with Gasteiger partial charge in [0.25, 0.3) is 5.91 Å². The first-order valence-corrected chi connectivity index (χ1v) is 4.54. The van der Waals surface area contributed by atoms with Crippen LogP contribution in [0, 0.1) is 0 Å². The Morgan fingerprint density at radius 2 is 2.38 bits per heavy atom. The van der Waals surface area contributed by atoms with Crippen molar-refractivity contribution in [2.75, 3.05) is 5.32 Å². The standard InChI is InChI=1S/C8H7N3OS/c9-7(12)5-1-2-6-8(11-5)10-3-4-13-6/h1-4H,(H2,9,12)(H,10,11). The third-order valence-corrected chi connectivity index (χ3v) is 2.45. The highest BCUT2D eigenvalue weighted by molar-refractivity contribution is 8.02. The van der Waals surface area contributed by atoms with Gasteiger partial charge in [0.05, 0.1) is 4.90 Å². The second-order valence-electron chi connectivity index (χ2n) is 2.47. The summed E-state index contributed by atoms with van der Waals surface area (Å²) in [5, 5.41) is 4.85. The number of thioether (sulfide) groups is 1. The molecule has 0 aliphatic carbocycles. The molecule has 0 aromatic carbocycles. The van der Waals surface area contributed by atoms with Gasteiger partial charge in [0.2, 0.25) is 0 Å². The number of aromatic nitrogens is 1. The van der Waals surface area contributed by atoms with E-state index in [-0.39, 0.29) is 5.69 Å². The van der Waals surface area contributed by atoms with Crippen molar-refractivity contribution in [1.29, 1.82) is 0 Å². The number of carbonyl (C=O) groups excluding carboxylic acids is 1. The van der Waals surface area contributed by atoms with Crippen LogP contribution in [0.2, 0.25) is 0 Å². The molecule has 1 aliphatic rings. The molecule has 1 aromatic rings. The van der Waals surface area contributed by atoms with Gasteiger partial charge in [0, 0.05) is 6.20 Å². The van der Waals surface area contributed by atoms with Crippen molar-refractivity contribution in [2.45, 2.75) is 4.90 Å². The maximum atomic E-state index is 10.8.